The number of nitrogens with zero attached hydrogens (tertiary/aromatic N) is 2. The monoisotopic (exact) mass is 523 g/mol. The number of aromatic nitrogens is 1. The van der Waals surface area contributed by atoms with Crippen LogP contribution in [0.1, 0.15) is 35.3 Å². The third-order valence-corrected chi connectivity index (χ3v) is 7.70. The standard InChI is InChI=1S/C32H33N3O4/c1-21(34(2)3)19-37-24-12-8-22(9-13-24)10-15-30(36)35-17-16-26-25-6-4-5-7-27(25)33-31(26)32(35)23-11-14-28-29(18-23)39-20-38-28/h4-15,18,21,32-33H,16-17,19-20H2,1-3H3. The normalized spacial score (nSPS) is 17.1. The summed E-state index contributed by atoms with van der Waals surface area (Å²) in [4.78, 5) is 21.3. The molecule has 39 heavy (non-hydrogen) atoms. The number of carbonyl (C=O) groups excluding carboxylic acids is 1. The molecule has 7 nitrogen and oxygen atoms in total. The predicted molar refractivity (Wildman–Crippen MR) is 152 cm³/mol. The van der Waals surface area contributed by atoms with Gasteiger partial charge in [0.05, 0.1) is 6.04 Å². The quantitative estimate of drug-likeness (QED) is 0.328. The second kappa shape index (κ2) is 10.5. The molecule has 1 amide bonds. The van der Waals surface area contributed by atoms with Crippen LogP contribution in [0.2, 0.25) is 0 Å². The lowest BCUT2D eigenvalue weighted by molar-refractivity contribution is -0.128. The molecule has 0 saturated carbocycles. The zero-order chi connectivity index (χ0) is 26.9. The van der Waals surface area contributed by atoms with E-state index in [1.54, 1.807) is 6.08 Å². The van der Waals surface area contributed by atoms with E-state index in [0.717, 1.165) is 40.3 Å². The van der Waals surface area contributed by atoms with Crippen molar-refractivity contribution in [1.82, 2.24) is 14.8 Å². The molecule has 3 aromatic carbocycles. The number of ether oxygens (including phenoxy) is 3. The third kappa shape index (κ3) is 4.98. The molecule has 200 valence electrons. The highest BCUT2D eigenvalue weighted by Crippen LogP contribution is 2.42. The first-order valence-corrected chi connectivity index (χ1v) is 13.3. The number of likely N-dealkylation sites (N-methyl/N-ethyl adjacent to an activating group) is 1. The molecule has 3 heterocycles. The predicted octanol–water partition coefficient (Wildman–Crippen LogP) is 5.41. The third-order valence-electron chi connectivity index (χ3n) is 7.70. The highest BCUT2D eigenvalue weighted by molar-refractivity contribution is 5.93. The molecule has 0 radical (unpaired) electrons. The maximum Gasteiger partial charge on any atom is 0.247 e. The maximum atomic E-state index is 13.7. The first-order chi connectivity index (χ1) is 19.0. The zero-order valence-electron chi connectivity index (χ0n) is 22.5. The van der Waals surface area contributed by atoms with Gasteiger partial charge in [0.25, 0.3) is 0 Å². The number of benzene rings is 3. The first kappa shape index (κ1) is 25.1. The van der Waals surface area contributed by atoms with E-state index in [9.17, 15) is 4.79 Å². The highest BCUT2D eigenvalue weighted by atomic mass is 16.7. The zero-order valence-corrected chi connectivity index (χ0v) is 22.5. The Labute approximate surface area is 228 Å². The molecule has 6 rings (SSSR count). The average Bonchev–Trinajstić information content (AvgIpc) is 3.58. The summed E-state index contributed by atoms with van der Waals surface area (Å²) in [6, 6.07) is 22.2. The van der Waals surface area contributed by atoms with Crippen molar-refractivity contribution in [3.05, 3.63) is 95.2 Å². The molecule has 2 unspecified atom stereocenters. The number of nitrogens with one attached hydrogen (secondary N) is 1. The summed E-state index contributed by atoms with van der Waals surface area (Å²) in [5.41, 5.74) is 5.33. The van der Waals surface area contributed by atoms with Gasteiger partial charge in [0.15, 0.2) is 11.5 Å². The molecular weight excluding hydrogens is 490 g/mol. The lowest BCUT2D eigenvalue weighted by Gasteiger charge is -2.35. The fourth-order valence-electron chi connectivity index (χ4n) is 5.21. The lowest BCUT2D eigenvalue weighted by atomic mass is 9.92. The molecule has 0 saturated heterocycles. The number of rotatable bonds is 7. The van der Waals surface area contributed by atoms with E-state index in [1.807, 2.05) is 73.6 Å². The van der Waals surface area contributed by atoms with Gasteiger partial charge in [-0.2, -0.15) is 0 Å². The maximum absolute atomic E-state index is 13.7. The van der Waals surface area contributed by atoms with Gasteiger partial charge in [0.2, 0.25) is 12.7 Å². The van der Waals surface area contributed by atoms with E-state index in [-0.39, 0.29) is 18.7 Å². The van der Waals surface area contributed by atoms with Crippen molar-refractivity contribution in [1.29, 1.82) is 0 Å². The number of fused-ring (bicyclic) bond motifs is 4. The summed E-state index contributed by atoms with van der Waals surface area (Å²) in [7, 11) is 4.08. The SMILES string of the molecule is CC(COc1ccc(C=CC(=O)N2CCc3c([nH]c4ccccc34)C2c2ccc3c(c2)OCO3)cc1)N(C)C. The number of carbonyl (C=O) groups is 1. The van der Waals surface area contributed by atoms with Gasteiger partial charge in [0.1, 0.15) is 12.4 Å². The number of para-hydroxylation sites is 1. The van der Waals surface area contributed by atoms with Crippen LogP contribution in [-0.2, 0) is 11.2 Å². The van der Waals surface area contributed by atoms with Crippen LogP contribution in [-0.4, -0.2) is 60.8 Å². The topological polar surface area (TPSA) is 67.0 Å². The fourth-order valence-corrected chi connectivity index (χ4v) is 5.21. The molecule has 0 fully saturated rings. The van der Waals surface area contributed by atoms with Gasteiger partial charge in [-0.3, -0.25) is 4.79 Å². The summed E-state index contributed by atoms with van der Waals surface area (Å²) in [6.45, 7) is 3.57. The first-order valence-electron chi connectivity index (χ1n) is 13.3. The molecule has 4 aromatic rings. The minimum atomic E-state index is -0.262. The Bertz CT molecular complexity index is 1520. The molecule has 7 heteroatoms. The molecule has 0 aliphatic carbocycles. The van der Waals surface area contributed by atoms with E-state index in [4.69, 9.17) is 14.2 Å². The van der Waals surface area contributed by atoms with E-state index < -0.39 is 0 Å². The minimum Gasteiger partial charge on any atom is -0.492 e. The number of amides is 1. The Hall–Kier alpha value is -4.23. The van der Waals surface area contributed by atoms with Gasteiger partial charge in [-0.15, -0.1) is 0 Å². The van der Waals surface area contributed by atoms with Crippen LogP contribution in [0.3, 0.4) is 0 Å². The molecule has 1 aromatic heterocycles. The van der Waals surface area contributed by atoms with Crippen molar-refractivity contribution in [2.24, 2.45) is 0 Å². The van der Waals surface area contributed by atoms with E-state index in [1.165, 1.54) is 10.9 Å². The Kier molecular flexibility index (Phi) is 6.75. The van der Waals surface area contributed by atoms with Crippen molar-refractivity contribution in [3.8, 4) is 17.2 Å². The van der Waals surface area contributed by atoms with Crippen molar-refractivity contribution in [2.75, 3.05) is 34.0 Å². The van der Waals surface area contributed by atoms with Crippen LogP contribution in [0.4, 0.5) is 0 Å². The van der Waals surface area contributed by atoms with Crippen LogP contribution in [0.25, 0.3) is 17.0 Å². The molecule has 2 aliphatic heterocycles. The second-order valence-electron chi connectivity index (χ2n) is 10.4. The molecule has 1 N–H and O–H groups in total. The van der Waals surface area contributed by atoms with Gasteiger partial charge in [-0.1, -0.05) is 36.4 Å². The fraction of sp³-hybridized carbons (Fsp3) is 0.281. The van der Waals surface area contributed by atoms with Crippen molar-refractivity contribution in [2.45, 2.75) is 25.4 Å². The molecule has 0 spiro atoms. The van der Waals surface area contributed by atoms with Crippen molar-refractivity contribution in [3.63, 3.8) is 0 Å². The largest absolute Gasteiger partial charge is 0.492 e. The minimum absolute atomic E-state index is 0.0397. The van der Waals surface area contributed by atoms with Crippen LogP contribution >= 0.6 is 0 Å². The Morgan fingerprint density at radius 1 is 1.10 bits per heavy atom. The Morgan fingerprint density at radius 3 is 2.72 bits per heavy atom. The van der Waals surface area contributed by atoms with Gasteiger partial charge in [-0.05, 0) is 80.5 Å². The van der Waals surface area contributed by atoms with Gasteiger partial charge < -0.3 is 29.0 Å². The lowest BCUT2D eigenvalue weighted by Crippen LogP contribution is -2.39. The van der Waals surface area contributed by atoms with Gasteiger partial charge in [0, 0.05) is 35.3 Å². The molecule has 2 atom stereocenters. The van der Waals surface area contributed by atoms with Crippen LogP contribution in [0.5, 0.6) is 17.2 Å². The summed E-state index contributed by atoms with van der Waals surface area (Å²) in [5.74, 6) is 2.22. The molecular formula is C32H33N3O4. The van der Waals surface area contributed by atoms with Crippen LogP contribution < -0.4 is 14.2 Å². The molecule has 0 bridgehead atoms. The van der Waals surface area contributed by atoms with Crippen molar-refractivity contribution < 1.29 is 19.0 Å². The smallest absolute Gasteiger partial charge is 0.247 e. The summed E-state index contributed by atoms with van der Waals surface area (Å²) >= 11 is 0. The van der Waals surface area contributed by atoms with Gasteiger partial charge >= 0.3 is 0 Å². The van der Waals surface area contributed by atoms with Crippen LogP contribution in [0.15, 0.2) is 72.8 Å². The highest BCUT2D eigenvalue weighted by Gasteiger charge is 2.34. The number of hydrogen-bond acceptors (Lipinski definition) is 5. The number of H-pyrrole nitrogens is 1. The van der Waals surface area contributed by atoms with E-state index >= 15 is 0 Å². The average molecular weight is 524 g/mol. The Balaban J connectivity index is 1.26. The number of hydrogen-bond donors (Lipinski definition) is 1. The van der Waals surface area contributed by atoms with E-state index in [0.29, 0.717) is 24.9 Å². The van der Waals surface area contributed by atoms with E-state index in [2.05, 4.69) is 35.0 Å². The van der Waals surface area contributed by atoms with Crippen molar-refractivity contribution >= 4 is 22.9 Å². The summed E-state index contributed by atoms with van der Waals surface area (Å²) in [5, 5.41) is 1.21. The summed E-state index contributed by atoms with van der Waals surface area (Å²) in [6.07, 6.45) is 4.32. The Morgan fingerprint density at radius 2 is 1.90 bits per heavy atom. The molecule has 2 aliphatic rings. The van der Waals surface area contributed by atoms with Gasteiger partial charge in [-0.25, -0.2) is 0 Å². The van der Waals surface area contributed by atoms with Crippen LogP contribution in [0, 0.1) is 0 Å². The number of aromatic amines is 1. The second-order valence-corrected chi connectivity index (χ2v) is 10.4. The summed E-state index contributed by atoms with van der Waals surface area (Å²) < 4.78 is 17.1.